The fourth-order valence-electron chi connectivity index (χ4n) is 3.47. The molecule has 0 aromatic heterocycles. The molecule has 0 saturated carbocycles. The predicted molar refractivity (Wildman–Crippen MR) is 112 cm³/mol. The van der Waals surface area contributed by atoms with Crippen molar-refractivity contribution in [3.8, 4) is 5.75 Å². The van der Waals surface area contributed by atoms with Gasteiger partial charge in [0, 0.05) is 24.3 Å². The molecule has 0 spiro atoms. The van der Waals surface area contributed by atoms with Gasteiger partial charge in [-0.15, -0.1) is 0 Å². The average Bonchev–Trinajstić information content (AvgIpc) is 3.04. The number of hydrogen-bond donors (Lipinski definition) is 1. The van der Waals surface area contributed by atoms with E-state index in [9.17, 15) is 9.59 Å². The van der Waals surface area contributed by atoms with Gasteiger partial charge in [-0.3, -0.25) is 9.59 Å². The summed E-state index contributed by atoms with van der Waals surface area (Å²) in [5, 5.41) is 2.92. The number of carbonyl (C=O) groups is 2. The van der Waals surface area contributed by atoms with E-state index in [0.29, 0.717) is 18.2 Å². The Morgan fingerprint density at radius 2 is 1.75 bits per heavy atom. The van der Waals surface area contributed by atoms with Gasteiger partial charge in [0.05, 0.1) is 12.0 Å². The lowest BCUT2D eigenvalue weighted by Crippen LogP contribution is -2.28. The van der Waals surface area contributed by atoms with Gasteiger partial charge in [-0.2, -0.15) is 0 Å². The molecule has 1 saturated heterocycles. The molecule has 0 radical (unpaired) electrons. The van der Waals surface area contributed by atoms with E-state index >= 15 is 0 Å². The van der Waals surface area contributed by atoms with E-state index in [-0.39, 0.29) is 30.3 Å². The molecule has 5 heteroatoms. The lowest BCUT2D eigenvalue weighted by Gasteiger charge is -2.22. The van der Waals surface area contributed by atoms with Gasteiger partial charge in [0.2, 0.25) is 11.8 Å². The Bertz CT molecular complexity index is 843. The van der Waals surface area contributed by atoms with E-state index in [1.165, 1.54) is 0 Å². The fraction of sp³-hybridized carbons (Fsp3) is 0.391. The first-order chi connectivity index (χ1) is 13.3. The van der Waals surface area contributed by atoms with Gasteiger partial charge in [0.15, 0.2) is 0 Å². The van der Waals surface area contributed by atoms with Crippen molar-refractivity contribution >= 4 is 23.2 Å². The van der Waals surface area contributed by atoms with Crippen LogP contribution in [-0.4, -0.2) is 24.5 Å². The first kappa shape index (κ1) is 19.9. The van der Waals surface area contributed by atoms with Gasteiger partial charge in [-0.05, 0) is 55.7 Å². The Balaban J connectivity index is 1.67. The number of hydrogen-bond acceptors (Lipinski definition) is 3. The van der Waals surface area contributed by atoms with Gasteiger partial charge in [0.1, 0.15) is 5.75 Å². The molecule has 2 aromatic carbocycles. The number of rotatable bonds is 6. The van der Waals surface area contributed by atoms with E-state index in [4.69, 9.17) is 4.74 Å². The summed E-state index contributed by atoms with van der Waals surface area (Å²) in [5.41, 5.74) is 2.74. The van der Waals surface area contributed by atoms with Crippen molar-refractivity contribution in [2.75, 3.05) is 16.8 Å². The zero-order valence-electron chi connectivity index (χ0n) is 16.9. The minimum absolute atomic E-state index is 0.00562. The van der Waals surface area contributed by atoms with Crippen LogP contribution >= 0.6 is 0 Å². The third-order valence-corrected chi connectivity index (χ3v) is 4.84. The van der Waals surface area contributed by atoms with Gasteiger partial charge in [-0.1, -0.05) is 32.0 Å². The standard InChI is InChI=1S/C23H28N2O3/c1-15(2)20-7-5-6-8-21(20)25-14-17(13-22(25)26)23(27)24-18-9-11-19(12-10-18)28-16(3)4/h5-12,15-17H,13-14H2,1-4H3,(H,24,27). The summed E-state index contributed by atoms with van der Waals surface area (Å²) in [6.45, 7) is 8.56. The molecule has 0 bridgehead atoms. The number of para-hydroxylation sites is 1. The highest BCUT2D eigenvalue weighted by molar-refractivity contribution is 6.03. The van der Waals surface area contributed by atoms with E-state index in [0.717, 1.165) is 17.0 Å². The number of anilines is 2. The summed E-state index contributed by atoms with van der Waals surface area (Å²) >= 11 is 0. The number of carbonyl (C=O) groups excluding carboxylic acids is 2. The van der Waals surface area contributed by atoms with Crippen LogP contribution in [0, 0.1) is 5.92 Å². The monoisotopic (exact) mass is 380 g/mol. The highest BCUT2D eigenvalue weighted by atomic mass is 16.5. The summed E-state index contributed by atoms with van der Waals surface area (Å²) in [6.07, 6.45) is 0.330. The smallest absolute Gasteiger partial charge is 0.229 e. The van der Waals surface area contributed by atoms with Crippen molar-refractivity contribution in [3.63, 3.8) is 0 Å². The van der Waals surface area contributed by atoms with Crippen LogP contribution in [0.15, 0.2) is 48.5 Å². The predicted octanol–water partition coefficient (Wildman–Crippen LogP) is 4.59. The van der Waals surface area contributed by atoms with Crippen LogP contribution in [0.3, 0.4) is 0 Å². The van der Waals surface area contributed by atoms with Crippen LogP contribution in [0.25, 0.3) is 0 Å². The number of nitrogens with zero attached hydrogens (tertiary/aromatic N) is 1. The molecule has 148 valence electrons. The SMILES string of the molecule is CC(C)Oc1ccc(NC(=O)C2CC(=O)N(c3ccccc3C(C)C)C2)cc1. The Morgan fingerprint density at radius 1 is 1.07 bits per heavy atom. The Morgan fingerprint density at radius 3 is 2.39 bits per heavy atom. The molecule has 1 N–H and O–H groups in total. The summed E-state index contributed by atoms with van der Waals surface area (Å²) in [7, 11) is 0. The maximum atomic E-state index is 12.7. The van der Waals surface area contributed by atoms with E-state index in [1.54, 1.807) is 4.90 Å². The highest BCUT2D eigenvalue weighted by Crippen LogP contribution is 2.32. The van der Waals surface area contributed by atoms with Crippen molar-refractivity contribution in [1.29, 1.82) is 0 Å². The van der Waals surface area contributed by atoms with Crippen LogP contribution < -0.4 is 15.0 Å². The summed E-state index contributed by atoms with van der Waals surface area (Å²) < 4.78 is 5.62. The summed E-state index contributed by atoms with van der Waals surface area (Å²) in [5.74, 6) is 0.576. The average molecular weight is 380 g/mol. The number of amides is 2. The van der Waals surface area contributed by atoms with E-state index in [1.807, 2.05) is 62.4 Å². The largest absolute Gasteiger partial charge is 0.491 e. The second kappa shape index (κ2) is 8.46. The van der Waals surface area contributed by atoms with Crippen molar-refractivity contribution in [1.82, 2.24) is 0 Å². The second-order valence-electron chi connectivity index (χ2n) is 7.80. The van der Waals surface area contributed by atoms with Gasteiger partial charge in [0.25, 0.3) is 0 Å². The van der Waals surface area contributed by atoms with Gasteiger partial charge in [-0.25, -0.2) is 0 Å². The molecule has 5 nitrogen and oxygen atoms in total. The zero-order chi connectivity index (χ0) is 20.3. The lowest BCUT2D eigenvalue weighted by molar-refractivity contribution is -0.122. The summed E-state index contributed by atoms with van der Waals surface area (Å²) in [6, 6.07) is 15.2. The highest BCUT2D eigenvalue weighted by Gasteiger charge is 2.36. The van der Waals surface area contributed by atoms with Crippen LogP contribution in [0.2, 0.25) is 0 Å². The molecule has 1 heterocycles. The molecule has 1 unspecified atom stereocenters. The third-order valence-electron chi connectivity index (χ3n) is 4.84. The zero-order valence-corrected chi connectivity index (χ0v) is 16.9. The third kappa shape index (κ3) is 4.53. The molecule has 28 heavy (non-hydrogen) atoms. The molecule has 0 aliphatic carbocycles. The number of ether oxygens (including phenoxy) is 1. The van der Waals surface area contributed by atoms with E-state index < -0.39 is 0 Å². The topological polar surface area (TPSA) is 58.6 Å². The van der Waals surface area contributed by atoms with Crippen molar-refractivity contribution in [2.45, 2.75) is 46.1 Å². The molecule has 2 amide bonds. The van der Waals surface area contributed by atoms with Crippen LogP contribution in [0.4, 0.5) is 11.4 Å². The minimum Gasteiger partial charge on any atom is -0.491 e. The Kier molecular flexibility index (Phi) is 6.02. The summed E-state index contributed by atoms with van der Waals surface area (Å²) in [4.78, 5) is 27.0. The van der Waals surface area contributed by atoms with Gasteiger partial charge >= 0.3 is 0 Å². The van der Waals surface area contributed by atoms with E-state index in [2.05, 4.69) is 19.2 Å². The second-order valence-corrected chi connectivity index (χ2v) is 7.80. The van der Waals surface area contributed by atoms with Crippen LogP contribution in [0.1, 0.15) is 45.6 Å². The Hall–Kier alpha value is -2.82. The molecular weight excluding hydrogens is 352 g/mol. The van der Waals surface area contributed by atoms with Crippen molar-refractivity contribution in [2.24, 2.45) is 5.92 Å². The first-order valence-corrected chi connectivity index (χ1v) is 9.82. The maximum absolute atomic E-state index is 12.7. The molecule has 3 rings (SSSR count). The van der Waals surface area contributed by atoms with Gasteiger partial charge < -0.3 is 15.0 Å². The fourth-order valence-corrected chi connectivity index (χ4v) is 3.47. The molecule has 1 atom stereocenters. The lowest BCUT2D eigenvalue weighted by atomic mass is 10.0. The molecule has 1 aliphatic heterocycles. The Labute approximate surface area is 166 Å². The maximum Gasteiger partial charge on any atom is 0.229 e. The minimum atomic E-state index is -0.362. The normalized spacial score (nSPS) is 16.7. The number of benzene rings is 2. The molecule has 1 aliphatic rings. The van der Waals surface area contributed by atoms with Crippen molar-refractivity contribution < 1.29 is 14.3 Å². The van der Waals surface area contributed by atoms with Crippen LogP contribution in [-0.2, 0) is 9.59 Å². The van der Waals surface area contributed by atoms with Crippen LogP contribution in [0.5, 0.6) is 5.75 Å². The molecule has 1 fully saturated rings. The quantitative estimate of drug-likeness (QED) is 0.797. The van der Waals surface area contributed by atoms with Crippen molar-refractivity contribution in [3.05, 3.63) is 54.1 Å². The molecule has 2 aromatic rings. The first-order valence-electron chi connectivity index (χ1n) is 9.82. The number of nitrogens with one attached hydrogen (secondary N) is 1. The molecular formula is C23H28N2O3.